The third-order valence-electron chi connectivity index (χ3n) is 3.74. The first-order valence-electron chi connectivity index (χ1n) is 9.09. The summed E-state index contributed by atoms with van der Waals surface area (Å²) in [5.41, 5.74) is -0.592. The molecule has 1 N–H and O–H groups in total. The molecule has 1 atom stereocenters. The molecule has 0 saturated carbocycles. The Morgan fingerprint density at radius 3 is 1.55 bits per heavy atom. The van der Waals surface area contributed by atoms with Gasteiger partial charge in [0.05, 0.1) is 0 Å². The monoisotopic (exact) mass is 399 g/mol. The molecule has 0 aliphatic rings. The van der Waals surface area contributed by atoms with E-state index >= 15 is 0 Å². The fraction of sp³-hybridized carbons (Fsp3) is 0.318. The van der Waals surface area contributed by atoms with Gasteiger partial charge in [0, 0.05) is 12.6 Å². The highest BCUT2D eigenvalue weighted by Gasteiger charge is 2.43. The van der Waals surface area contributed by atoms with E-state index in [2.05, 4.69) is 5.32 Å². The minimum atomic E-state index is -1.62. The molecule has 2 rings (SSSR count). The van der Waals surface area contributed by atoms with Gasteiger partial charge in [-0.2, -0.15) is 0 Å². The van der Waals surface area contributed by atoms with Crippen LogP contribution in [-0.2, 0) is 19.1 Å². The summed E-state index contributed by atoms with van der Waals surface area (Å²) in [4.78, 5) is 38.4. The van der Waals surface area contributed by atoms with Gasteiger partial charge in [0.15, 0.2) is 12.0 Å². The molecule has 1 amide bonds. The summed E-state index contributed by atoms with van der Waals surface area (Å²) in [7, 11) is 1.24. The van der Waals surface area contributed by atoms with Crippen LogP contribution in [0.5, 0.6) is 11.5 Å². The van der Waals surface area contributed by atoms with E-state index in [-0.39, 0.29) is 11.5 Å². The number of carbonyl (C=O) groups excluding carboxylic acids is 3. The van der Waals surface area contributed by atoms with Crippen molar-refractivity contribution in [2.45, 2.75) is 32.4 Å². The molecule has 0 saturated heterocycles. The number of hydrogen-bond donors (Lipinski definition) is 1. The summed E-state index contributed by atoms with van der Waals surface area (Å²) in [6.07, 6.45) is -1.43. The molecule has 0 aromatic heterocycles. The molecule has 0 radical (unpaired) electrons. The zero-order chi connectivity index (χ0) is 21.4. The Labute approximate surface area is 170 Å². The Balaban J connectivity index is 2.30. The van der Waals surface area contributed by atoms with Crippen molar-refractivity contribution in [2.75, 3.05) is 7.11 Å². The third kappa shape index (κ3) is 6.73. The molecule has 0 aliphatic carbocycles. The standard InChI is InChI=1S/C22H25NO6/c1-22(2,3)23-19(24)18(27-4)17(20(25)28-15-11-7-5-8-12-15)21(26)29-16-13-9-6-10-14-16/h5-14,17-18H,1-4H3,(H,23,24). The average Bonchev–Trinajstić information content (AvgIpc) is 2.65. The summed E-state index contributed by atoms with van der Waals surface area (Å²) in [5, 5.41) is 2.71. The van der Waals surface area contributed by atoms with Crippen molar-refractivity contribution >= 4 is 17.8 Å². The van der Waals surface area contributed by atoms with E-state index in [1.807, 2.05) is 0 Å². The average molecular weight is 399 g/mol. The second-order valence-electron chi connectivity index (χ2n) is 7.34. The maximum atomic E-state index is 12.8. The first-order chi connectivity index (χ1) is 13.7. The summed E-state index contributed by atoms with van der Waals surface area (Å²) >= 11 is 0. The summed E-state index contributed by atoms with van der Waals surface area (Å²) in [6.45, 7) is 5.33. The maximum Gasteiger partial charge on any atom is 0.329 e. The number of nitrogens with one attached hydrogen (secondary N) is 1. The minimum absolute atomic E-state index is 0.237. The molecule has 7 nitrogen and oxygen atoms in total. The molecule has 0 fully saturated rings. The Morgan fingerprint density at radius 1 is 0.793 bits per heavy atom. The van der Waals surface area contributed by atoms with E-state index in [4.69, 9.17) is 14.2 Å². The van der Waals surface area contributed by atoms with Gasteiger partial charge in [0.1, 0.15) is 11.5 Å². The normalized spacial score (nSPS) is 12.2. The minimum Gasteiger partial charge on any atom is -0.426 e. The summed E-state index contributed by atoms with van der Waals surface area (Å²) in [6, 6.07) is 16.5. The molecule has 29 heavy (non-hydrogen) atoms. The van der Waals surface area contributed by atoms with E-state index in [0.29, 0.717) is 0 Å². The molecular weight excluding hydrogens is 374 g/mol. The summed E-state index contributed by atoms with van der Waals surface area (Å²) in [5.74, 6) is -3.67. The molecule has 2 aromatic carbocycles. The fourth-order valence-corrected chi connectivity index (χ4v) is 2.51. The highest BCUT2D eigenvalue weighted by molar-refractivity contribution is 6.02. The molecule has 0 spiro atoms. The number of rotatable bonds is 7. The van der Waals surface area contributed by atoms with Crippen molar-refractivity contribution < 1.29 is 28.6 Å². The van der Waals surface area contributed by atoms with Gasteiger partial charge in [0.25, 0.3) is 5.91 Å². The lowest BCUT2D eigenvalue weighted by Gasteiger charge is -2.27. The van der Waals surface area contributed by atoms with E-state index in [1.54, 1.807) is 81.4 Å². The first kappa shape index (κ1) is 22.1. The Bertz CT molecular complexity index is 776. The van der Waals surface area contributed by atoms with Crippen LogP contribution < -0.4 is 14.8 Å². The second kappa shape index (κ2) is 9.84. The fourth-order valence-electron chi connectivity index (χ4n) is 2.51. The number of hydrogen-bond acceptors (Lipinski definition) is 6. The van der Waals surface area contributed by atoms with Gasteiger partial charge in [-0.15, -0.1) is 0 Å². The highest BCUT2D eigenvalue weighted by atomic mass is 16.6. The number of para-hydroxylation sites is 2. The predicted octanol–water partition coefficient (Wildman–Crippen LogP) is 2.74. The summed E-state index contributed by atoms with van der Waals surface area (Å²) < 4.78 is 15.8. The molecule has 154 valence electrons. The molecular formula is C22H25NO6. The Morgan fingerprint density at radius 2 is 1.21 bits per heavy atom. The van der Waals surface area contributed by atoms with Crippen molar-refractivity contribution in [1.29, 1.82) is 0 Å². The predicted molar refractivity (Wildman–Crippen MR) is 106 cm³/mol. The zero-order valence-electron chi connectivity index (χ0n) is 16.9. The van der Waals surface area contributed by atoms with Gasteiger partial charge in [-0.25, -0.2) is 0 Å². The molecule has 2 aromatic rings. The van der Waals surface area contributed by atoms with Crippen molar-refractivity contribution in [3.63, 3.8) is 0 Å². The molecule has 1 unspecified atom stereocenters. The lowest BCUT2D eigenvalue weighted by Crippen LogP contribution is -2.53. The van der Waals surface area contributed by atoms with Crippen molar-refractivity contribution in [2.24, 2.45) is 5.92 Å². The van der Waals surface area contributed by atoms with Crippen LogP contribution in [0.15, 0.2) is 60.7 Å². The van der Waals surface area contributed by atoms with Crippen molar-refractivity contribution in [1.82, 2.24) is 5.32 Å². The quantitative estimate of drug-likeness (QED) is 0.437. The van der Waals surface area contributed by atoms with Gasteiger partial charge in [0.2, 0.25) is 0 Å². The van der Waals surface area contributed by atoms with E-state index in [1.165, 1.54) is 7.11 Å². The number of ether oxygens (including phenoxy) is 3. The van der Waals surface area contributed by atoms with Crippen LogP contribution in [-0.4, -0.2) is 36.6 Å². The van der Waals surface area contributed by atoms with E-state index < -0.39 is 35.4 Å². The molecule has 0 bridgehead atoms. The number of amides is 1. The Kier molecular flexibility index (Phi) is 7.50. The SMILES string of the molecule is COC(C(=O)NC(C)(C)C)C(C(=O)Oc1ccccc1)C(=O)Oc1ccccc1. The zero-order valence-corrected chi connectivity index (χ0v) is 16.9. The number of methoxy groups -OCH3 is 1. The van der Waals surface area contributed by atoms with Crippen LogP contribution in [0.2, 0.25) is 0 Å². The van der Waals surface area contributed by atoms with Gasteiger partial charge in [-0.3, -0.25) is 14.4 Å². The Hall–Kier alpha value is -3.19. The second-order valence-corrected chi connectivity index (χ2v) is 7.34. The van der Waals surface area contributed by atoms with Crippen molar-refractivity contribution in [3.05, 3.63) is 60.7 Å². The molecule has 0 heterocycles. The van der Waals surface area contributed by atoms with Crippen LogP contribution in [0.3, 0.4) is 0 Å². The lowest BCUT2D eigenvalue weighted by molar-refractivity contribution is -0.162. The molecule has 0 aliphatic heterocycles. The van der Waals surface area contributed by atoms with E-state index in [0.717, 1.165) is 0 Å². The smallest absolute Gasteiger partial charge is 0.329 e. The van der Waals surface area contributed by atoms with Crippen LogP contribution in [0.1, 0.15) is 20.8 Å². The van der Waals surface area contributed by atoms with Crippen LogP contribution in [0.4, 0.5) is 0 Å². The van der Waals surface area contributed by atoms with Crippen LogP contribution >= 0.6 is 0 Å². The number of esters is 2. The lowest BCUT2D eigenvalue weighted by atomic mass is 9.99. The van der Waals surface area contributed by atoms with Gasteiger partial charge >= 0.3 is 11.9 Å². The number of carbonyl (C=O) groups is 3. The molecule has 7 heteroatoms. The third-order valence-corrected chi connectivity index (χ3v) is 3.74. The van der Waals surface area contributed by atoms with Crippen molar-refractivity contribution in [3.8, 4) is 11.5 Å². The highest BCUT2D eigenvalue weighted by Crippen LogP contribution is 2.20. The van der Waals surface area contributed by atoms with Gasteiger partial charge in [-0.1, -0.05) is 36.4 Å². The topological polar surface area (TPSA) is 90.9 Å². The largest absolute Gasteiger partial charge is 0.426 e. The first-order valence-corrected chi connectivity index (χ1v) is 9.09. The van der Waals surface area contributed by atoms with Crippen LogP contribution in [0.25, 0.3) is 0 Å². The van der Waals surface area contributed by atoms with Gasteiger partial charge in [-0.05, 0) is 45.0 Å². The maximum absolute atomic E-state index is 12.8. The van der Waals surface area contributed by atoms with Gasteiger partial charge < -0.3 is 19.5 Å². The van der Waals surface area contributed by atoms with E-state index in [9.17, 15) is 14.4 Å². The number of benzene rings is 2. The van der Waals surface area contributed by atoms with Crippen LogP contribution in [0, 0.1) is 5.92 Å².